The van der Waals surface area contributed by atoms with Crippen LogP contribution in [0.3, 0.4) is 0 Å². The van der Waals surface area contributed by atoms with E-state index in [1.54, 1.807) is 0 Å². The lowest BCUT2D eigenvalue weighted by molar-refractivity contribution is 0.183. The number of hydrogen-bond acceptors (Lipinski definition) is 3. The van der Waals surface area contributed by atoms with Gasteiger partial charge in [0.25, 0.3) is 0 Å². The molecule has 2 fully saturated rings. The standard InChI is InChI=1S/C19H34N6/c1-16-4-9-23(10-5-16)12-8-22-19(20-3)24-11-6-17(2)18(14-24)25-13-7-21-15-25/h7,13,15-18H,4-6,8-12,14H2,1-3H3,(H,20,22). The maximum Gasteiger partial charge on any atom is 0.193 e. The Morgan fingerprint density at radius 2 is 2.00 bits per heavy atom. The Labute approximate surface area is 152 Å². The minimum Gasteiger partial charge on any atom is -0.355 e. The van der Waals surface area contributed by atoms with Crippen molar-refractivity contribution in [2.24, 2.45) is 16.8 Å². The topological polar surface area (TPSA) is 48.7 Å². The maximum atomic E-state index is 4.54. The van der Waals surface area contributed by atoms with E-state index >= 15 is 0 Å². The van der Waals surface area contributed by atoms with Crippen molar-refractivity contribution in [1.82, 2.24) is 24.7 Å². The molecule has 3 heterocycles. The summed E-state index contributed by atoms with van der Waals surface area (Å²) in [5.74, 6) is 2.61. The summed E-state index contributed by atoms with van der Waals surface area (Å²) >= 11 is 0. The van der Waals surface area contributed by atoms with Crippen molar-refractivity contribution >= 4 is 5.96 Å². The van der Waals surface area contributed by atoms with Gasteiger partial charge >= 0.3 is 0 Å². The Morgan fingerprint density at radius 3 is 2.68 bits per heavy atom. The van der Waals surface area contributed by atoms with Gasteiger partial charge in [-0.25, -0.2) is 4.98 Å². The summed E-state index contributed by atoms with van der Waals surface area (Å²) in [6.07, 6.45) is 9.76. The zero-order valence-electron chi connectivity index (χ0n) is 16.1. The van der Waals surface area contributed by atoms with Crippen molar-refractivity contribution in [3.8, 4) is 0 Å². The van der Waals surface area contributed by atoms with Crippen LogP contribution in [0.2, 0.25) is 0 Å². The number of rotatable bonds is 4. The molecule has 0 spiro atoms. The minimum atomic E-state index is 0.471. The van der Waals surface area contributed by atoms with Crippen LogP contribution in [-0.4, -0.2) is 71.6 Å². The predicted molar refractivity (Wildman–Crippen MR) is 103 cm³/mol. The largest absolute Gasteiger partial charge is 0.355 e. The van der Waals surface area contributed by atoms with Gasteiger partial charge < -0.3 is 19.7 Å². The molecule has 2 aliphatic rings. The Balaban J connectivity index is 1.49. The number of piperidine rings is 2. The molecule has 6 nitrogen and oxygen atoms in total. The van der Waals surface area contributed by atoms with E-state index in [1.165, 1.54) is 32.4 Å². The van der Waals surface area contributed by atoms with Crippen LogP contribution in [0, 0.1) is 11.8 Å². The van der Waals surface area contributed by atoms with Gasteiger partial charge in [0.2, 0.25) is 0 Å². The van der Waals surface area contributed by atoms with Crippen LogP contribution in [0.5, 0.6) is 0 Å². The first-order valence-corrected chi connectivity index (χ1v) is 9.82. The molecule has 0 bridgehead atoms. The lowest BCUT2D eigenvalue weighted by atomic mass is 9.93. The van der Waals surface area contributed by atoms with E-state index in [9.17, 15) is 0 Å². The molecule has 0 amide bonds. The van der Waals surface area contributed by atoms with Crippen LogP contribution in [0.25, 0.3) is 0 Å². The van der Waals surface area contributed by atoms with E-state index in [-0.39, 0.29) is 0 Å². The second kappa shape index (κ2) is 8.70. The third-order valence-corrected chi connectivity index (χ3v) is 5.93. The maximum absolute atomic E-state index is 4.54. The molecule has 3 rings (SSSR count). The highest BCUT2D eigenvalue weighted by molar-refractivity contribution is 5.80. The highest BCUT2D eigenvalue weighted by Gasteiger charge is 2.28. The first kappa shape index (κ1) is 18.2. The zero-order chi connectivity index (χ0) is 17.6. The number of guanidine groups is 1. The van der Waals surface area contributed by atoms with Gasteiger partial charge in [-0.1, -0.05) is 13.8 Å². The Bertz CT molecular complexity index is 532. The van der Waals surface area contributed by atoms with Crippen molar-refractivity contribution in [3.05, 3.63) is 18.7 Å². The molecule has 25 heavy (non-hydrogen) atoms. The monoisotopic (exact) mass is 346 g/mol. The second-order valence-electron chi connectivity index (χ2n) is 7.79. The van der Waals surface area contributed by atoms with Gasteiger partial charge in [0.15, 0.2) is 5.96 Å². The number of likely N-dealkylation sites (tertiary alicyclic amines) is 2. The van der Waals surface area contributed by atoms with E-state index in [2.05, 4.69) is 49.7 Å². The van der Waals surface area contributed by atoms with Gasteiger partial charge in [-0.05, 0) is 44.2 Å². The van der Waals surface area contributed by atoms with Crippen molar-refractivity contribution < 1.29 is 0 Å². The third-order valence-electron chi connectivity index (χ3n) is 5.93. The molecule has 0 radical (unpaired) electrons. The number of aliphatic imine (C=N–C) groups is 1. The molecule has 1 aromatic rings. The SMILES string of the molecule is CN=C(NCCN1CCC(C)CC1)N1CCC(C)C(n2ccnc2)C1. The number of nitrogens with one attached hydrogen (secondary N) is 1. The third kappa shape index (κ3) is 4.75. The first-order chi connectivity index (χ1) is 12.2. The van der Waals surface area contributed by atoms with E-state index in [0.29, 0.717) is 12.0 Å². The molecule has 140 valence electrons. The first-order valence-electron chi connectivity index (χ1n) is 9.82. The van der Waals surface area contributed by atoms with Crippen molar-refractivity contribution in [2.75, 3.05) is 46.3 Å². The van der Waals surface area contributed by atoms with Crippen molar-refractivity contribution in [1.29, 1.82) is 0 Å². The summed E-state index contributed by atoms with van der Waals surface area (Å²) in [4.78, 5) is 13.7. The average Bonchev–Trinajstić information content (AvgIpc) is 3.15. The quantitative estimate of drug-likeness (QED) is 0.670. The van der Waals surface area contributed by atoms with Gasteiger partial charge in [-0.2, -0.15) is 0 Å². The van der Waals surface area contributed by atoms with Gasteiger partial charge in [0.1, 0.15) is 0 Å². The Kier molecular flexibility index (Phi) is 6.34. The summed E-state index contributed by atoms with van der Waals surface area (Å²) in [5, 5.41) is 3.59. The molecule has 0 aromatic carbocycles. The van der Waals surface area contributed by atoms with Crippen molar-refractivity contribution in [2.45, 2.75) is 39.2 Å². The summed E-state index contributed by atoms with van der Waals surface area (Å²) in [5.41, 5.74) is 0. The molecule has 2 aliphatic heterocycles. The lowest BCUT2D eigenvalue weighted by Crippen LogP contribution is -2.50. The predicted octanol–water partition coefficient (Wildman–Crippen LogP) is 2.07. The van der Waals surface area contributed by atoms with Crippen LogP contribution < -0.4 is 5.32 Å². The smallest absolute Gasteiger partial charge is 0.193 e. The van der Waals surface area contributed by atoms with Gasteiger partial charge in [0, 0.05) is 45.6 Å². The van der Waals surface area contributed by atoms with Gasteiger partial charge in [0.05, 0.1) is 12.4 Å². The summed E-state index contributed by atoms with van der Waals surface area (Å²) in [6.45, 7) is 11.4. The zero-order valence-corrected chi connectivity index (χ0v) is 16.1. The molecule has 1 N–H and O–H groups in total. The normalized spacial score (nSPS) is 26.8. The van der Waals surface area contributed by atoms with Crippen molar-refractivity contribution in [3.63, 3.8) is 0 Å². The Hall–Kier alpha value is -1.56. The summed E-state index contributed by atoms with van der Waals surface area (Å²) in [7, 11) is 1.90. The molecule has 2 unspecified atom stereocenters. The number of imidazole rings is 1. The molecule has 0 saturated carbocycles. The fourth-order valence-electron chi connectivity index (χ4n) is 4.04. The van der Waals surface area contributed by atoms with Crippen LogP contribution in [0.1, 0.15) is 39.2 Å². The average molecular weight is 347 g/mol. The number of hydrogen-bond donors (Lipinski definition) is 1. The molecule has 1 aromatic heterocycles. The molecular weight excluding hydrogens is 312 g/mol. The van der Waals surface area contributed by atoms with Gasteiger partial charge in [-0.3, -0.25) is 4.99 Å². The van der Waals surface area contributed by atoms with Crippen LogP contribution in [-0.2, 0) is 0 Å². The minimum absolute atomic E-state index is 0.471. The highest BCUT2D eigenvalue weighted by atomic mass is 15.3. The van der Waals surface area contributed by atoms with Crippen LogP contribution in [0.15, 0.2) is 23.7 Å². The molecule has 0 aliphatic carbocycles. The van der Waals surface area contributed by atoms with Gasteiger partial charge in [-0.15, -0.1) is 0 Å². The fourth-order valence-corrected chi connectivity index (χ4v) is 4.04. The lowest BCUT2D eigenvalue weighted by Gasteiger charge is -2.39. The molecular formula is C19H34N6. The molecule has 6 heteroatoms. The Morgan fingerprint density at radius 1 is 1.20 bits per heavy atom. The fraction of sp³-hybridized carbons (Fsp3) is 0.789. The second-order valence-corrected chi connectivity index (χ2v) is 7.79. The van der Waals surface area contributed by atoms with Crippen LogP contribution in [0.4, 0.5) is 0 Å². The number of aromatic nitrogens is 2. The van der Waals surface area contributed by atoms with E-state index in [0.717, 1.165) is 38.1 Å². The molecule has 2 saturated heterocycles. The van der Waals surface area contributed by atoms with Crippen LogP contribution >= 0.6 is 0 Å². The molecule has 2 atom stereocenters. The van der Waals surface area contributed by atoms with E-state index in [1.807, 2.05) is 19.6 Å². The van der Waals surface area contributed by atoms with E-state index < -0.39 is 0 Å². The number of nitrogens with zero attached hydrogens (tertiary/aromatic N) is 5. The summed E-state index contributed by atoms with van der Waals surface area (Å²) in [6, 6.07) is 0.471. The van der Waals surface area contributed by atoms with E-state index in [4.69, 9.17) is 0 Å². The summed E-state index contributed by atoms with van der Waals surface area (Å²) < 4.78 is 2.25. The highest BCUT2D eigenvalue weighted by Crippen LogP contribution is 2.27.